The molecule has 0 aromatic carbocycles. The molecule has 0 aromatic rings. The van der Waals surface area contributed by atoms with Crippen molar-refractivity contribution in [2.24, 2.45) is 0 Å². The van der Waals surface area contributed by atoms with Crippen LogP contribution in [0.1, 0.15) is 44.9 Å². The second-order valence-electron chi connectivity index (χ2n) is 5.09. The molecule has 2 heterocycles. The molecule has 2 unspecified atom stereocenters. The molecular weight excluding hydrogens is 251 g/mol. The molecule has 2 atom stereocenters. The summed E-state index contributed by atoms with van der Waals surface area (Å²) >= 11 is 0.938. The van der Waals surface area contributed by atoms with Gasteiger partial charge in [-0.3, -0.25) is 0 Å². The van der Waals surface area contributed by atoms with E-state index in [9.17, 15) is 0 Å². The van der Waals surface area contributed by atoms with Gasteiger partial charge in [-0.25, -0.2) is 0 Å². The number of ether oxygens (including phenoxy) is 1. The third-order valence-corrected chi connectivity index (χ3v) is 7.16. The SMILES string of the molecule is C1CCC2=C(C1)CC1=C(CCC3[Se]C13)O2. The molecule has 15 heavy (non-hydrogen) atoms. The molecule has 0 bridgehead atoms. The van der Waals surface area contributed by atoms with Gasteiger partial charge in [0, 0.05) is 0 Å². The second kappa shape index (κ2) is 3.15. The first-order chi connectivity index (χ1) is 7.42. The van der Waals surface area contributed by atoms with Crippen LogP contribution in [0.15, 0.2) is 22.7 Å². The zero-order valence-corrected chi connectivity index (χ0v) is 10.6. The summed E-state index contributed by atoms with van der Waals surface area (Å²) < 4.78 is 6.16. The van der Waals surface area contributed by atoms with E-state index in [4.69, 9.17) is 4.74 Å². The molecule has 2 aliphatic heterocycles. The van der Waals surface area contributed by atoms with Gasteiger partial charge >= 0.3 is 96.9 Å². The van der Waals surface area contributed by atoms with Gasteiger partial charge in [0.15, 0.2) is 0 Å². The van der Waals surface area contributed by atoms with Crippen LogP contribution in [0.25, 0.3) is 0 Å². The van der Waals surface area contributed by atoms with Crippen molar-refractivity contribution in [3.63, 3.8) is 0 Å². The Hall–Kier alpha value is -0.201. The van der Waals surface area contributed by atoms with Gasteiger partial charge < -0.3 is 0 Å². The average molecular weight is 267 g/mol. The Kier molecular flexibility index (Phi) is 1.87. The van der Waals surface area contributed by atoms with Gasteiger partial charge in [-0.2, -0.15) is 0 Å². The van der Waals surface area contributed by atoms with Crippen molar-refractivity contribution >= 4 is 15.0 Å². The Morgan fingerprint density at radius 1 is 1.07 bits per heavy atom. The molecule has 2 heteroatoms. The molecule has 4 aliphatic rings. The predicted molar refractivity (Wildman–Crippen MR) is 60.7 cm³/mol. The summed E-state index contributed by atoms with van der Waals surface area (Å²) in [5.74, 6) is 2.77. The molecule has 4 rings (SSSR count). The normalized spacial score (nSPS) is 37.9. The van der Waals surface area contributed by atoms with E-state index in [1.165, 1.54) is 56.5 Å². The van der Waals surface area contributed by atoms with Crippen molar-refractivity contribution in [1.82, 2.24) is 0 Å². The topological polar surface area (TPSA) is 9.23 Å². The zero-order valence-electron chi connectivity index (χ0n) is 8.92. The van der Waals surface area contributed by atoms with E-state index in [2.05, 4.69) is 0 Å². The van der Waals surface area contributed by atoms with Crippen LogP contribution in [0.2, 0.25) is 9.63 Å². The fourth-order valence-electron chi connectivity index (χ4n) is 3.21. The van der Waals surface area contributed by atoms with Crippen LogP contribution in [0, 0.1) is 0 Å². The molecule has 1 fully saturated rings. The number of rotatable bonds is 0. The summed E-state index contributed by atoms with van der Waals surface area (Å²) in [6, 6.07) is 0. The van der Waals surface area contributed by atoms with Crippen LogP contribution >= 0.6 is 0 Å². The molecule has 0 radical (unpaired) electrons. The summed E-state index contributed by atoms with van der Waals surface area (Å²) in [5, 5.41) is 0. The van der Waals surface area contributed by atoms with E-state index in [-0.39, 0.29) is 0 Å². The van der Waals surface area contributed by atoms with Crippen molar-refractivity contribution in [2.75, 3.05) is 0 Å². The molecule has 0 N–H and O–H groups in total. The zero-order chi connectivity index (χ0) is 9.83. The maximum atomic E-state index is 6.16. The summed E-state index contributed by atoms with van der Waals surface area (Å²) in [6.45, 7) is 0. The first kappa shape index (κ1) is 8.90. The fraction of sp³-hybridized carbons (Fsp3) is 0.692. The van der Waals surface area contributed by atoms with Crippen LogP contribution in [0.5, 0.6) is 0 Å². The Balaban J connectivity index is 1.67. The van der Waals surface area contributed by atoms with Crippen LogP contribution in [0.4, 0.5) is 0 Å². The van der Waals surface area contributed by atoms with Gasteiger partial charge in [-0.05, 0) is 0 Å². The first-order valence-electron chi connectivity index (χ1n) is 6.18. The van der Waals surface area contributed by atoms with E-state index in [0.29, 0.717) is 0 Å². The molecule has 1 nitrogen and oxygen atoms in total. The van der Waals surface area contributed by atoms with E-state index in [1.54, 1.807) is 11.1 Å². The van der Waals surface area contributed by atoms with Gasteiger partial charge in [0.25, 0.3) is 0 Å². The van der Waals surface area contributed by atoms with Crippen LogP contribution in [-0.4, -0.2) is 15.0 Å². The third-order valence-electron chi connectivity index (χ3n) is 4.12. The quantitative estimate of drug-likeness (QED) is 0.610. The van der Waals surface area contributed by atoms with Crippen LogP contribution < -0.4 is 0 Å². The van der Waals surface area contributed by atoms with Crippen molar-refractivity contribution in [1.29, 1.82) is 0 Å². The van der Waals surface area contributed by atoms with Gasteiger partial charge in [-0.15, -0.1) is 0 Å². The minimum absolute atomic E-state index is 0.938. The summed E-state index contributed by atoms with van der Waals surface area (Å²) in [7, 11) is 0. The van der Waals surface area contributed by atoms with E-state index in [0.717, 1.165) is 24.6 Å². The van der Waals surface area contributed by atoms with Gasteiger partial charge in [0.2, 0.25) is 0 Å². The Morgan fingerprint density at radius 2 is 2.00 bits per heavy atom. The predicted octanol–water partition coefficient (Wildman–Crippen LogP) is 3.58. The van der Waals surface area contributed by atoms with Crippen molar-refractivity contribution < 1.29 is 4.74 Å². The maximum absolute atomic E-state index is 6.16. The second-order valence-corrected chi connectivity index (χ2v) is 8.00. The Morgan fingerprint density at radius 3 is 3.00 bits per heavy atom. The molecule has 0 aromatic heterocycles. The van der Waals surface area contributed by atoms with Crippen LogP contribution in [-0.2, 0) is 4.74 Å². The minimum atomic E-state index is 0.938. The number of hydrogen-bond acceptors (Lipinski definition) is 1. The Labute approximate surface area is 97.1 Å². The summed E-state index contributed by atoms with van der Waals surface area (Å²) in [5.41, 5.74) is 3.38. The molecule has 2 aliphatic carbocycles. The van der Waals surface area contributed by atoms with E-state index >= 15 is 0 Å². The molecule has 0 saturated carbocycles. The van der Waals surface area contributed by atoms with Gasteiger partial charge in [0.1, 0.15) is 0 Å². The number of allylic oxidation sites excluding steroid dienone is 4. The van der Waals surface area contributed by atoms with Crippen LogP contribution in [0.3, 0.4) is 0 Å². The number of fused-ring (bicyclic) bond motifs is 2. The molecular formula is C13H16OSe. The van der Waals surface area contributed by atoms with Crippen molar-refractivity contribution in [3.8, 4) is 0 Å². The molecule has 1 saturated heterocycles. The third kappa shape index (κ3) is 1.34. The van der Waals surface area contributed by atoms with Gasteiger partial charge in [-0.1, -0.05) is 0 Å². The Bertz CT molecular complexity index is 380. The first-order valence-corrected chi connectivity index (χ1v) is 8.16. The monoisotopic (exact) mass is 268 g/mol. The number of hydrogen-bond donors (Lipinski definition) is 0. The van der Waals surface area contributed by atoms with Crippen molar-refractivity contribution in [3.05, 3.63) is 22.7 Å². The fourth-order valence-corrected chi connectivity index (χ4v) is 5.76. The standard InChI is InChI=1S/C13H16OSe/c1-2-4-10-8(3-1)7-9-11(14-10)5-6-12-13(9)15-12/h12-13H,1-7H2. The molecule has 0 spiro atoms. The van der Waals surface area contributed by atoms with Gasteiger partial charge in [0.05, 0.1) is 0 Å². The summed E-state index contributed by atoms with van der Waals surface area (Å²) in [4.78, 5) is 2.10. The average Bonchev–Trinajstić information content (AvgIpc) is 3.06. The van der Waals surface area contributed by atoms with E-state index < -0.39 is 0 Å². The molecule has 0 amide bonds. The van der Waals surface area contributed by atoms with E-state index in [1.807, 2.05) is 0 Å². The van der Waals surface area contributed by atoms with Crippen molar-refractivity contribution in [2.45, 2.75) is 54.6 Å². The summed E-state index contributed by atoms with van der Waals surface area (Å²) in [6.07, 6.45) is 9.23. The molecule has 80 valence electrons.